The number of rotatable bonds is 0. The molecule has 0 aromatic rings. The van der Waals surface area contributed by atoms with Gasteiger partial charge in [-0.2, -0.15) is 0 Å². The Bertz CT molecular complexity index is 369. The summed E-state index contributed by atoms with van der Waals surface area (Å²) in [6.45, 7) is 11.0. The molecular weight excluding hydrogens is 276 g/mol. The molecule has 2 heteroatoms. The summed E-state index contributed by atoms with van der Waals surface area (Å²) in [7, 11) is 0. The van der Waals surface area contributed by atoms with Crippen LogP contribution < -0.4 is 0 Å². The number of allylic oxidation sites excluding steroid dienone is 2. The Kier molecular flexibility index (Phi) is 3.33. The van der Waals surface area contributed by atoms with Crippen molar-refractivity contribution >= 4 is 15.9 Å². The molecule has 0 heterocycles. The predicted molar refractivity (Wildman–Crippen MR) is 76.3 cm³/mol. The van der Waals surface area contributed by atoms with Crippen LogP contribution >= 0.6 is 15.9 Å². The molecule has 0 saturated heterocycles. The monoisotopic (exact) mass is 298 g/mol. The van der Waals surface area contributed by atoms with Crippen LogP contribution in [0.15, 0.2) is 23.8 Å². The van der Waals surface area contributed by atoms with Gasteiger partial charge < -0.3 is 5.11 Å². The van der Waals surface area contributed by atoms with Gasteiger partial charge in [-0.15, -0.1) is 0 Å². The van der Waals surface area contributed by atoms with Crippen LogP contribution in [0.4, 0.5) is 0 Å². The highest BCUT2D eigenvalue weighted by molar-refractivity contribution is 9.09. The summed E-state index contributed by atoms with van der Waals surface area (Å²) in [5.74, 6) is 0. The number of hydrogen-bond donors (Lipinski definition) is 1. The summed E-state index contributed by atoms with van der Waals surface area (Å²) in [5, 5.41) is 10.1. The van der Waals surface area contributed by atoms with Crippen molar-refractivity contribution < 1.29 is 5.11 Å². The minimum Gasteiger partial charge on any atom is -0.392 e. The molecule has 96 valence electrons. The first kappa shape index (κ1) is 13.4. The zero-order chi connectivity index (χ0) is 12.8. The molecule has 1 fully saturated rings. The summed E-state index contributed by atoms with van der Waals surface area (Å²) in [5.41, 5.74) is 2.96. The average molecular weight is 299 g/mol. The van der Waals surface area contributed by atoms with Gasteiger partial charge in [0.2, 0.25) is 0 Å². The Balaban J connectivity index is 2.41. The van der Waals surface area contributed by atoms with E-state index in [1.54, 1.807) is 0 Å². The largest absolute Gasteiger partial charge is 0.392 e. The van der Waals surface area contributed by atoms with Crippen molar-refractivity contribution in [2.75, 3.05) is 0 Å². The van der Waals surface area contributed by atoms with Crippen molar-refractivity contribution in [1.82, 2.24) is 0 Å². The fourth-order valence-corrected chi connectivity index (χ4v) is 4.25. The molecule has 1 nitrogen and oxygen atoms in total. The highest BCUT2D eigenvalue weighted by Crippen LogP contribution is 2.61. The molecule has 2 aliphatic rings. The van der Waals surface area contributed by atoms with Crippen LogP contribution in [0.1, 0.15) is 46.5 Å². The smallest absolute Gasteiger partial charge is 0.0707 e. The number of hydrogen-bond acceptors (Lipinski definition) is 1. The number of halogens is 1. The zero-order valence-corrected chi connectivity index (χ0v) is 12.7. The first-order valence-electron chi connectivity index (χ1n) is 6.47. The van der Waals surface area contributed by atoms with Crippen LogP contribution in [0.25, 0.3) is 0 Å². The third-order valence-corrected chi connectivity index (χ3v) is 6.89. The van der Waals surface area contributed by atoms with E-state index in [0.29, 0.717) is 0 Å². The van der Waals surface area contributed by atoms with E-state index in [1.165, 1.54) is 17.6 Å². The predicted octanol–water partition coefficient (Wildman–Crippen LogP) is 4.21. The summed E-state index contributed by atoms with van der Waals surface area (Å²) >= 11 is 3.72. The van der Waals surface area contributed by atoms with Gasteiger partial charge in [0.1, 0.15) is 0 Å². The Morgan fingerprint density at radius 3 is 2.65 bits per heavy atom. The van der Waals surface area contributed by atoms with Gasteiger partial charge in [0.15, 0.2) is 0 Å². The zero-order valence-electron chi connectivity index (χ0n) is 11.1. The summed E-state index contributed by atoms with van der Waals surface area (Å²) in [6.07, 6.45) is 6.24. The van der Waals surface area contributed by atoms with Crippen LogP contribution in [0.2, 0.25) is 0 Å². The lowest BCUT2D eigenvalue weighted by atomic mass is 9.50. The molecule has 0 amide bonds. The Hall–Kier alpha value is -0.0800. The van der Waals surface area contributed by atoms with Crippen molar-refractivity contribution in [2.24, 2.45) is 10.8 Å². The second kappa shape index (κ2) is 4.24. The van der Waals surface area contributed by atoms with Crippen LogP contribution in [0.3, 0.4) is 0 Å². The van der Waals surface area contributed by atoms with Crippen molar-refractivity contribution in [3.8, 4) is 0 Å². The molecule has 0 aromatic heterocycles. The average Bonchev–Trinajstić information content (AvgIpc) is 2.27. The van der Waals surface area contributed by atoms with Crippen molar-refractivity contribution in [2.45, 2.75) is 57.4 Å². The Morgan fingerprint density at radius 1 is 1.47 bits per heavy atom. The van der Waals surface area contributed by atoms with E-state index in [-0.39, 0.29) is 21.8 Å². The van der Waals surface area contributed by atoms with Crippen molar-refractivity contribution in [3.63, 3.8) is 0 Å². The minimum atomic E-state index is -0.296. The highest BCUT2D eigenvalue weighted by Gasteiger charge is 2.55. The lowest BCUT2D eigenvalue weighted by Crippen LogP contribution is -2.54. The lowest BCUT2D eigenvalue weighted by molar-refractivity contribution is 0.00123. The van der Waals surface area contributed by atoms with Gasteiger partial charge in [-0.3, -0.25) is 0 Å². The third kappa shape index (κ3) is 1.84. The van der Waals surface area contributed by atoms with E-state index < -0.39 is 0 Å². The SMILES string of the molecule is C=C1C[C@@H](O)[C@@H](Br)C(C)(C)[C@@]12CC=C(C)CC2. The maximum absolute atomic E-state index is 10.1. The molecule has 0 radical (unpaired) electrons. The third-order valence-electron chi connectivity index (χ3n) is 5.14. The topological polar surface area (TPSA) is 20.2 Å². The minimum absolute atomic E-state index is 0.0545. The molecule has 2 aliphatic carbocycles. The molecule has 0 aliphatic heterocycles. The molecule has 2 rings (SSSR count). The quantitative estimate of drug-likeness (QED) is 0.524. The Morgan fingerprint density at radius 2 is 2.12 bits per heavy atom. The van der Waals surface area contributed by atoms with Gasteiger partial charge in [0.05, 0.1) is 6.10 Å². The first-order valence-corrected chi connectivity index (χ1v) is 7.39. The first-order chi connectivity index (χ1) is 7.81. The fourth-order valence-electron chi connectivity index (χ4n) is 3.62. The van der Waals surface area contributed by atoms with E-state index in [2.05, 4.69) is 49.4 Å². The van der Waals surface area contributed by atoms with Gasteiger partial charge in [0, 0.05) is 10.2 Å². The van der Waals surface area contributed by atoms with Crippen LogP contribution in [0.5, 0.6) is 0 Å². The fraction of sp³-hybridized carbons (Fsp3) is 0.733. The molecule has 0 bridgehead atoms. The molecule has 0 unspecified atom stereocenters. The van der Waals surface area contributed by atoms with E-state index in [0.717, 1.165) is 19.3 Å². The normalized spacial score (nSPS) is 41.5. The molecular formula is C15H23BrO. The number of aliphatic hydroxyl groups excluding tert-OH is 1. The van der Waals surface area contributed by atoms with Gasteiger partial charge in [-0.25, -0.2) is 0 Å². The summed E-state index contributed by atoms with van der Waals surface area (Å²) < 4.78 is 0. The summed E-state index contributed by atoms with van der Waals surface area (Å²) in [6, 6.07) is 0. The highest BCUT2D eigenvalue weighted by atomic mass is 79.9. The van der Waals surface area contributed by atoms with E-state index >= 15 is 0 Å². The molecule has 1 saturated carbocycles. The van der Waals surface area contributed by atoms with Crippen molar-refractivity contribution in [3.05, 3.63) is 23.8 Å². The second-order valence-corrected chi connectivity index (χ2v) is 7.32. The van der Waals surface area contributed by atoms with E-state index in [9.17, 15) is 5.11 Å². The number of aliphatic hydroxyl groups is 1. The molecule has 1 spiro atoms. The molecule has 1 N–H and O–H groups in total. The molecule has 3 atom stereocenters. The van der Waals surface area contributed by atoms with Crippen LogP contribution in [0, 0.1) is 10.8 Å². The van der Waals surface area contributed by atoms with Gasteiger partial charge in [0.25, 0.3) is 0 Å². The van der Waals surface area contributed by atoms with Gasteiger partial charge in [-0.1, -0.05) is 53.6 Å². The number of alkyl halides is 1. The molecule has 17 heavy (non-hydrogen) atoms. The molecule has 0 aromatic carbocycles. The van der Waals surface area contributed by atoms with E-state index in [4.69, 9.17) is 0 Å². The maximum atomic E-state index is 10.1. The van der Waals surface area contributed by atoms with Crippen LogP contribution in [-0.2, 0) is 0 Å². The lowest BCUT2D eigenvalue weighted by Gasteiger charge is -2.57. The van der Waals surface area contributed by atoms with Crippen LogP contribution in [-0.4, -0.2) is 16.0 Å². The van der Waals surface area contributed by atoms with E-state index in [1.807, 2.05) is 0 Å². The van der Waals surface area contributed by atoms with Gasteiger partial charge in [-0.05, 0) is 38.0 Å². The standard InChI is InChI=1S/C15H23BrO/c1-10-5-7-15(8-6-10)11(2)9-12(17)13(16)14(15,3)4/h5,12-13,17H,2,6-9H2,1,3-4H3/t12-,13-,15-/m1/s1. The maximum Gasteiger partial charge on any atom is 0.0707 e. The van der Waals surface area contributed by atoms with Crippen molar-refractivity contribution in [1.29, 1.82) is 0 Å². The Labute approximate surface area is 113 Å². The summed E-state index contributed by atoms with van der Waals surface area (Å²) in [4.78, 5) is 0.160. The second-order valence-electron chi connectivity index (χ2n) is 6.34. The van der Waals surface area contributed by atoms with Gasteiger partial charge >= 0.3 is 0 Å².